The lowest BCUT2D eigenvalue weighted by Crippen LogP contribution is -2.36. The Hall–Kier alpha value is -1.31. The number of hydrogen-bond donors (Lipinski definition) is 1. The Bertz CT molecular complexity index is 399. The van der Waals surface area contributed by atoms with E-state index in [1.165, 1.54) is 11.1 Å². The highest BCUT2D eigenvalue weighted by Crippen LogP contribution is 2.46. The summed E-state index contributed by atoms with van der Waals surface area (Å²) in [4.78, 5) is 11.0. The lowest BCUT2D eigenvalue weighted by atomic mass is 9.62. The zero-order chi connectivity index (χ0) is 12.5. The van der Waals surface area contributed by atoms with Crippen molar-refractivity contribution in [3.05, 3.63) is 35.4 Å². The van der Waals surface area contributed by atoms with Crippen molar-refractivity contribution in [1.29, 1.82) is 0 Å². The standard InChI is InChI=1S/C15H20O2/c1-11(2)12-4-6-13(7-5-12)15(8-3-9-15)10-14(16)17/h4-7,11H,3,8-10H2,1-2H3,(H,16,17). The third kappa shape index (κ3) is 2.36. The second-order valence-corrected chi connectivity index (χ2v) is 5.48. The van der Waals surface area contributed by atoms with Crippen LogP contribution in [0.5, 0.6) is 0 Å². The highest BCUT2D eigenvalue weighted by Gasteiger charge is 2.40. The van der Waals surface area contributed by atoms with E-state index in [1.807, 2.05) is 0 Å². The Morgan fingerprint density at radius 2 is 1.88 bits per heavy atom. The van der Waals surface area contributed by atoms with Gasteiger partial charge in [-0.2, -0.15) is 0 Å². The summed E-state index contributed by atoms with van der Waals surface area (Å²) in [7, 11) is 0. The van der Waals surface area contributed by atoms with Gasteiger partial charge in [-0.15, -0.1) is 0 Å². The van der Waals surface area contributed by atoms with Crippen LogP contribution in [-0.2, 0) is 10.2 Å². The number of rotatable bonds is 4. The number of carbonyl (C=O) groups is 1. The first-order valence-electron chi connectivity index (χ1n) is 6.36. The van der Waals surface area contributed by atoms with E-state index < -0.39 is 5.97 Å². The summed E-state index contributed by atoms with van der Waals surface area (Å²) in [6.07, 6.45) is 3.45. The molecule has 0 radical (unpaired) electrons. The molecule has 2 nitrogen and oxygen atoms in total. The van der Waals surface area contributed by atoms with Crippen LogP contribution in [0.4, 0.5) is 0 Å². The van der Waals surface area contributed by atoms with Gasteiger partial charge in [0.25, 0.3) is 0 Å². The molecule has 1 aliphatic rings. The van der Waals surface area contributed by atoms with Gasteiger partial charge < -0.3 is 5.11 Å². The second-order valence-electron chi connectivity index (χ2n) is 5.48. The van der Waals surface area contributed by atoms with Crippen LogP contribution < -0.4 is 0 Å². The molecule has 1 fully saturated rings. The maximum Gasteiger partial charge on any atom is 0.304 e. The first kappa shape index (κ1) is 12.2. The van der Waals surface area contributed by atoms with E-state index >= 15 is 0 Å². The maximum absolute atomic E-state index is 11.0. The van der Waals surface area contributed by atoms with Gasteiger partial charge in [0, 0.05) is 5.41 Å². The smallest absolute Gasteiger partial charge is 0.304 e. The van der Waals surface area contributed by atoms with Gasteiger partial charge in [-0.25, -0.2) is 0 Å². The summed E-state index contributed by atoms with van der Waals surface area (Å²) in [6.45, 7) is 4.34. The molecule has 0 saturated heterocycles. The van der Waals surface area contributed by atoms with Crippen LogP contribution in [0.3, 0.4) is 0 Å². The quantitative estimate of drug-likeness (QED) is 0.859. The van der Waals surface area contributed by atoms with Crippen LogP contribution in [0, 0.1) is 0 Å². The van der Waals surface area contributed by atoms with Gasteiger partial charge in [0.15, 0.2) is 0 Å². The average molecular weight is 232 g/mol. The lowest BCUT2D eigenvalue weighted by Gasteiger charge is -2.41. The largest absolute Gasteiger partial charge is 0.481 e. The average Bonchev–Trinajstić information content (AvgIpc) is 2.23. The van der Waals surface area contributed by atoms with E-state index in [0.29, 0.717) is 5.92 Å². The molecule has 0 bridgehead atoms. The highest BCUT2D eigenvalue weighted by molar-refractivity contribution is 5.69. The first-order chi connectivity index (χ1) is 8.03. The molecule has 0 spiro atoms. The summed E-state index contributed by atoms with van der Waals surface area (Å²) >= 11 is 0. The SMILES string of the molecule is CC(C)c1ccc(C2(CC(=O)O)CCC2)cc1. The van der Waals surface area contributed by atoms with Gasteiger partial charge in [-0.1, -0.05) is 44.5 Å². The molecule has 17 heavy (non-hydrogen) atoms. The number of aliphatic carboxylic acids is 1. The van der Waals surface area contributed by atoms with Crippen LogP contribution in [0.25, 0.3) is 0 Å². The molecule has 2 rings (SSSR count). The van der Waals surface area contributed by atoms with Gasteiger partial charge >= 0.3 is 5.97 Å². The predicted molar refractivity (Wildman–Crippen MR) is 68.3 cm³/mol. The number of hydrogen-bond acceptors (Lipinski definition) is 1. The molecule has 2 heteroatoms. The zero-order valence-corrected chi connectivity index (χ0v) is 10.6. The fourth-order valence-electron chi connectivity index (χ4n) is 2.68. The molecule has 1 aromatic carbocycles. The van der Waals surface area contributed by atoms with Crippen LogP contribution in [0.15, 0.2) is 24.3 Å². The van der Waals surface area contributed by atoms with Crippen LogP contribution in [0.2, 0.25) is 0 Å². The van der Waals surface area contributed by atoms with Crippen molar-refractivity contribution in [3.8, 4) is 0 Å². The Morgan fingerprint density at radius 1 is 1.29 bits per heavy atom. The summed E-state index contributed by atoms with van der Waals surface area (Å²) in [5.41, 5.74) is 2.44. The van der Waals surface area contributed by atoms with Crippen LogP contribution in [-0.4, -0.2) is 11.1 Å². The molecule has 0 atom stereocenters. The minimum atomic E-state index is -0.683. The Kier molecular flexibility index (Phi) is 3.23. The fourth-order valence-corrected chi connectivity index (χ4v) is 2.68. The monoisotopic (exact) mass is 232 g/mol. The van der Waals surface area contributed by atoms with Crippen molar-refractivity contribution in [3.63, 3.8) is 0 Å². The normalized spacial score (nSPS) is 17.8. The minimum absolute atomic E-state index is 0.0820. The van der Waals surface area contributed by atoms with Crippen molar-refractivity contribution in [2.45, 2.75) is 50.9 Å². The lowest BCUT2D eigenvalue weighted by molar-refractivity contribution is -0.139. The molecule has 1 N–H and O–H groups in total. The van der Waals surface area contributed by atoms with Gasteiger partial charge in [-0.05, 0) is 29.9 Å². The molecule has 0 unspecified atom stereocenters. The van der Waals surface area contributed by atoms with Gasteiger partial charge in [0.2, 0.25) is 0 Å². The van der Waals surface area contributed by atoms with Crippen LogP contribution >= 0.6 is 0 Å². The third-order valence-corrected chi connectivity index (χ3v) is 3.99. The number of benzene rings is 1. The molecule has 0 aromatic heterocycles. The molecule has 0 aliphatic heterocycles. The van der Waals surface area contributed by atoms with E-state index in [-0.39, 0.29) is 11.8 Å². The Labute approximate surface area is 103 Å². The third-order valence-electron chi connectivity index (χ3n) is 3.99. The Balaban J connectivity index is 2.23. The minimum Gasteiger partial charge on any atom is -0.481 e. The van der Waals surface area contributed by atoms with E-state index in [2.05, 4.69) is 38.1 Å². The van der Waals surface area contributed by atoms with E-state index in [4.69, 9.17) is 5.11 Å². The van der Waals surface area contributed by atoms with Crippen LogP contribution in [0.1, 0.15) is 56.6 Å². The molecule has 1 saturated carbocycles. The van der Waals surface area contributed by atoms with Gasteiger partial charge in [0.1, 0.15) is 0 Å². The molecule has 1 aliphatic carbocycles. The van der Waals surface area contributed by atoms with E-state index in [1.54, 1.807) is 0 Å². The summed E-state index contributed by atoms with van der Waals surface area (Å²) in [5.74, 6) is -0.154. The molecular weight excluding hydrogens is 212 g/mol. The molecule has 0 heterocycles. The van der Waals surface area contributed by atoms with E-state index in [0.717, 1.165) is 19.3 Å². The fraction of sp³-hybridized carbons (Fsp3) is 0.533. The molecular formula is C15H20O2. The highest BCUT2D eigenvalue weighted by atomic mass is 16.4. The van der Waals surface area contributed by atoms with Crippen molar-refractivity contribution < 1.29 is 9.90 Å². The molecule has 1 aromatic rings. The number of carboxylic acids is 1. The van der Waals surface area contributed by atoms with Crippen molar-refractivity contribution in [1.82, 2.24) is 0 Å². The Morgan fingerprint density at radius 3 is 2.24 bits per heavy atom. The second kappa shape index (κ2) is 4.52. The molecule has 92 valence electrons. The van der Waals surface area contributed by atoms with Gasteiger partial charge in [-0.3, -0.25) is 4.79 Å². The first-order valence-corrected chi connectivity index (χ1v) is 6.36. The van der Waals surface area contributed by atoms with Crippen molar-refractivity contribution in [2.24, 2.45) is 0 Å². The summed E-state index contributed by atoms with van der Waals surface area (Å²) in [6, 6.07) is 8.53. The van der Waals surface area contributed by atoms with Gasteiger partial charge in [0.05, 0.1) is 6.42 Å². The predicted octanol–water partition coefficient (Wildman–Crippen LogP) is 3.71. The molecule has 0 amide bonds. The van der Waals surface area contributed by atoms with Crippen molar-refractivity contribution >= 4 is 5.97 Å². The maximum atomic E-state index is 11.0. The summed E-state index contributed by atoms with van der Waals surface area (Å²) in [5, 5.41) is 9.02. The van der Waals surface area contributed by atoms with Crippen molar-refractivity contribution in [2.75, 3.05) is 0 Å². The summed E-state index contributed by atoms with van der Waals surface area (Å²) < 4.78 is 0. The topological polar surface area (TPSA) is 37.3 Å². The zero-order valence-electron chi connectivity index (χ0n) is 10.6. The number of carboxylic acid groups (broad SMARTS) is 1. The van der Waals surface area contributed by atoms with E-state index in [9.17, 15) is 4.79 Å².